The second-order valence-electron chi connectivity index (χ2n) is 5.35. The minimum Gasteiger partial charge on any atom is -0.338 e. The maximum absolute atomic E-state index is 11.7. The van der Waals surface area contributed by atoms with Crippen molar-refractivity contribution in [3.63, 3.8) is 0 Å². The van der Waals surface area contributed by atoms with Gasteiger partial charge in [-0.25, -0.2) is 9.78 Å². The number of carbonyl (C=O) groups is 2. The van der Waals surface area contributed by atoms with Gasteiger partial charge in [-0.2, -0.15) is 0 Å². The van der Waals surface area contributed by atoms with Gasteiger partial charge in [0, 0.05) is 5.56 Å². The van der Waals surface area contributed by atoms with Crippen LogP contribution in [0, 0.1) is 0 Å². The van der Waals surface area contributed by atoms with Crippen molar-refractivity contribution >= 4 is 43.7 Å². The number of fused-ring (bicyclic) bond motifs is 1. The van der Waals surface area contributed by atoms with Gasteiger partial charge >= 0.3 is 6.03 Å². The third-order valence-electron chi connectivity index (χ3n) is 3.84. The first kappa shape index (κ1) is 14.0. The Morgan fingerprint density at radius 2 is 1.83 bits per heavy atom. The molecular weight excluding hydrogens is 307 g/mol. The molecule has 2 aromatic carbocycles. The molecule has 110 valence electrons. The molecule has 2 radical (unpaired) electrons. The number of rotatable bonds is 2. The summed E-state index contributed by atoms with van der Waals surface area (Å²) in [7, 11) is 0. The van der Waals surface area contributed by atoms with Crippen LogP contribution in [0.1, 0.15) is 11.6 Å². The third kappa shape index (κ3) is 2.40. The van der Waals surface area contributed by atoms with Crippen LogP contribution in [-0.2, 0) is 4.79 Å². The standard InChI is InChI=1S/C16H11N4O2.Al/c21-15-13(19-16(22)20-15)9-5-7-10(8-6-9)14-17-11-3-1-2-4-12(11)18-14;/h1-3,5-8,13H,(H,17,18)(H2,19,20,21,22);. The first-order chi connectivity index (χ1) is 11.1. The third-order valence-corrected chi connectivity index (χ3v) is 4.30. The highest BCUT2D eigenvalue weighted by Crippen LogP contribution is 2.23. The van der Waals surface area contributed by atoms with Gasteiger partial charge in [-0.3, -0.25) is 10.1 Å². The van der Waals surface area contributed by atoms with Crippen LogP contribution < -0.4 is 15.1 Å². The summed E-state index contributed by atoms with van der Waals surface area (Å²) >= 11 is 2.67. The zero-order valence-corrected chi connectivity index (χ0v) is 13.1. The first-order valence-electron chi connectivity index (χ1n) is 7.08. The van der Waals surface area contributed by atoms with Crippen LogP contribution in [0.3, 0.4) is 0 Å². The summed E-state index contributed by atoms with van der Waals surface area (Å²) in [5, 5.41) is 4.81. The number of hydrogen-bond acceptors (Lipinski definition) is 3. The van der Waals surface area contributed by atoms with Crippen molar-refractivity contribution in [3.8, 4) is 11.4 Å². The van der Waals surface area contributed by atoms with Gasteiger partial charge in [-0.1, -0.05) is 36.4 Å². The van der Waals surface area contributed by atoms with Crippen LogP contribution in [-0.4, -0.2) is 38.2 Å². The van der Waals surface area contributed by atoms with Crippen LogP contribution in [0.25, 0.3) is 22.4 Å². The summed E-state index contributed by atoms with van der Waals surface area (Å²) in [5.41, 5.74) is 3.54. The summed E-state index contributed by atoms with van der Waals surface area (Å²) in [6.07, 6.45) is 0. The van der Waals surface area contributed by atoms with Crippen LogP contribution in [0.4, 0.5) is 4.79 Å². The van der Waals surface area contributed by atoms with Gasteiger partial charge in [0.15, 0.2) is 16.3 Å². The Bertz CT molecular complexity index is 933. The number of urea groups is 1. The monoisotopic (exact) mass is 318 g/mol. The maximum atomic E-state index is 11.7. The van der Waals surface area contributed by atoms with Crippen molar-refractivity contribution in [2.24, 2.45) is 0 Å². The largest absolute Gasteiger partial charge is 0.338 e. The van der Waals surface area contributed by atoms with Gasteiger partial charge in [0.2, 0.25) is 0 Å². The Balaban J connectivity index is 1.68. The molecule has 6 nitrogen and oxygen atoms in total. The molecule has 0 bridgehead atoms. The fourth-order valence-corrected chi connectivity index (χ4v) is 3.01. The van der Waals surface area contributed by atoms with E-state index in [1.54, 1.807) is 0 Å². The Hall–Kier alpha value is -2.62. The van der Waals surface area contributed by atoms with E-state index >= 15 is 0 Å². The van der Waals surface area contributed by atoms with E-state index in [1.807, 2.05) is 42.5 Å². The van der Waals surface area contributed by atoms with E-state index in [0.717, 1.165) is 32.4 Å². The van der Waals surface area contributed by atoms with E-state index in [1.165, 1.54) is 0 Å². The Morgan fingerprint density at radius 1 is 1.04 bits per heavy atom. The number of nitrogens with zero attached hydrogens (tertiary/aromatic N) is 1. The molecule has 4 rings (SSSR count). The van der Waals surface area contributed by atoms with E-state index in [4.69, 9.17) is 0 Å². The van der Waals surface area contributed by atoms with Crippen LogP contribution in [0.5, 0.6) is 0 Å². The smallest absolute Gasteiger partial charge is 0.322 e. The Kier molecular flexibility index (Phi) is 3.19. The normalized spacial score (nSPS) is 17.3. The molecule has 1 aromatic heterocycles. The second kappa shape index (κ2) is 5.23. The van der Waals surface area contributed by atoms with Crippen LogP contribution in [0.15, 0.2) is 42.5 Å². The lowest BCUT2D eigenvalue weighted by molar-refractivity contribution is -0.120. The van der Waals surface area contributed by atoms with E-state index in [0.29, 0.717) is 0 Å². The highest BCUT2D eigenvalue weighted by Gasteiger charge is 2.30. The molecular formula is C16H11AlN4O2. The Morgan fingerprint density at radius 3 is 2.48 bits per heavy atom. The van der Waals surface area contributed by atoms with Crippen molar-refractivity contribution < 1.29 is 9.59 Å². The summed E-state index contributed by atoms with van der Waals surface area (Å²) in [5.74, 6) is 0.431. The summed E-state index contributed by atoms with van der Waals surface area (Å²) in [6, 6.07) is 12.2. The average Bonchev–Trinajstić information content (AvgIpc) is 3.12. The number of benzene rings is 2. The molecule has 0 saturated carbocycles. The van der Waals surface area contributed by atoms with Gasteiger partial charge in [0.25, 0.3) is 5.91 Å². The number of H-pyrrole nitrogens is 1. The molecule has 0 aliphatic carbocycles. The highest BCUT2D eigenvalue weighted by atomic mass is 27.0. The van der Waals surface area contributed by atoms with Crippen LogP contribution in [0.2, 0.25) is 0 Å². The van der Waals surface area contributed by atoms with E-state index in [-0.39, 0.29) is 5.91 Å². The lowest BCUT2D eigenvalue weighted by Crippen LogP contribution is -2.22. The molecule has 7 heteroatoms. The predicted molar refractivity (Wildman–Crippen MR) is 86.3 cm³/mol. The van der Waals surface area contributed by atoms with Gasteiger partial charge in [-0.05, 0) is 11.6 Å². The number of imidazole rings is 1. The number of hydrogen-bond donors (Lipinski definition) is 3. The van der Waals surface area contributed by atoms with E-state index < -0.39 is 12.1 Å². The summed E-state index contributed by atoms with van der Waals surface area (Å²) in [6.45, 7) is 0. The Labute approximate surface area is 139 Å². The molecule has 1 fully saturated rings. The number of aromatic amines is 1. The highest BCUT2D eigenvalue weighted by molar-refractivity contribution is 6.38. The SMILES string of the molecule is O=C1NC(=O)C(c2ccc(-c3nc4[c]([Al])cccc4[nH]3)cc2)N1. The number of aromatic nitrogens is 2. The number of imide groups is 1. The van der Waals surface area contributed by atoms with Gasteiger partial charge in [0.05, 0.1) is 11.0 Å². The predicted octanol–water partition coefficient (Wildman–Crippen LogP) is 0.904. The van der Waals surface area contributed by atoms with Crippen LogP contribution >= 0.6 is 0 Å². The van der Waals surface area contributed by atoms with Crippen molar-refractivity contribution in [1.29, 1.82) is 0 Å². The molecule has 1 atom stereocenters. The average molecular weight is 318 g/mol. The van der Waals surface area contributed by atoms with Crippen molar-refractivity contribution in [2.75, 3.05) is 0 Å². The zero-order valence-electron chi connectivity index (χ0n) is 12.0. The molecule has 1 unspecified atom stereocenters. The molecule has 3 N–H and O–H groups in total. The van der Waals surface area contributed by atoms with Gasteiger partial charge in [-0.15, -0.1) is 4.43 Å². The fraction of sp³-hybridized carbons (Fsp3) is 0.0625. The molecule has 1 saturated heterocycles. The number of para-hydroxylation sites is 1. The van der Waals surface area contributed by atoms with Crippen molar-refractivity contribution in [1.82, 2.24) is 20.6 Å². The molecule has 0 spiro atoms. The van der Waals surface area contributed by atoms with Crippen molar-refractivity contribution in [2.45, 2.75) is 6.04 Å². The topological polar surface area (TPSA) is 86.9 Å². The van der Waals surface area contributed by atoms with Gasteiger partial charge < -0.3 is 10.3 Å². The minimum atomic E-state index is -0.633. The lowest BCUT2D eigenvalue weighted by Gasteiger charge is -2.07. The van der Waals surface area contributed by atoms with Gasteiger partial charge in [0.1, 0.15) is 11.9 Å². The van der Waals surface area contributed by atoms with Crippen molar-refractivity contribution in [3.05, 3.63) is 48.0 Å². The zero-order chi connectivity index (χ0) is 16.0. The quantitative estimate of drug-likeness (QED) is 0.485. The molecule has 1 aliphatic rings. The summed E-state index contributed by atoms with van der Waals surface area (Å²) < 4.78 is 1.03. The maximum Gasteiger partial charge on any atom is 0.322 e. The molecule has 2 heterocycles. The van der Waals surface area contributed by atoms with E-state index in [9.17, 15) is 9.59 Å². The minimum absolute atomic E-state index is 0.334. The lowest BCUT2D eigenvalue weighted by atomic mass is 10.0. The number of amides is 3. The van der Waals surface area contributed by atoms with E-state index in [2.05, 4.69) is 36.9 Å². The first-order valence-corrected chi connectivity index (χ1v) is 7.65. The molecule has 3 amide bonds. The second-order valence-corrected chi connectivity index (χ2v) is 5.97. The molecule has 23 heavy (non-hydrogen) atoms. The molecule has 3 aromatic rings. The molecule has 1 aliphatic heterocycles. The fourth-order valence-electron chi connectivity index (χ4n) is 2.68. The number of nitrogens with one attached hydrogen (secondary N) is 3. The number of carbonyl (C=O) groups excluding carboxylic acids is 2. The summed E-state index contributed by atoms with van der Waals surface area (Å²) in [4.78, 5) is 30.8.